The van der Waals surface area contributed by atoms with Crippen LogP contribution in [0, 0.1) is 6.92 Å². The van der Waals surface area contributed by atoms with Crippen molar-refractivity contribution in [2.75, 3.05) is 19.5 Å². The van der Waals surface area contributed by atoms with Crippen molar-refractivity contribution in [3.05, 3.63) is 23.5 Å². The largest absolute Gasteiger partial charge is 0.397 e. The molecule has 0 unspecified atom stereocenters. The number of hydrogen-bond donors (Lipinski definition) is 1. The molecule has 0 spiro atoms. The minimum atomic E-state index is 0.0178. The molecule has 1 rings (SSSR count). The van der Waals surface area contributed by atoms with Crippen LogP contribution in [0.3, 0.4) is 0 Å². The first-order valence-corrected chi connectivity index (χ1v) is 4.36. The van der Waals surface area contributed by atoms with Crippen LogP contribution in [0.5, 0.6) is 0 Å². The van der Waals surface area contributed by atoms with Gasteiger partial charge in [-0.2, -0.15) is 0 Å². The molecule has 4 nitrogen and oxygen atoms in total. The van der Waals surface area contributed by atoms with Crippen LogP contribution in [0.25, 0.3) is 0 Å². The van der Waals surface area contributed by atoms with Gasteiger partial charge in [0.25, 0.3) is 0 Å². The van der Waals surface area contributed by atoms with Crippen LogP contribution in [-0.2, 0) is 16.0 Å². The minimum Gasteiger partial charge on any atom is -0.397 e. The van der Waals surface area contributed by atoms with Crippen LogP contribution in [0.2, 0.25) is 0 Å². The molecule has 76 valence electrons. The summed E-state index contributed by atoms with van der Waals surface area (Å²) in [6.07, 6.45) is 0.301. The Labute approximate surface area is 83.1 Å². The number of ketones is 1. The van der Waals surface area contributed by atoms with Gasteiger partial charge in [-0.3, -0.25) is 9.78 Å². The van der Waals surface area contributed by atoms with E-state index in [1.165, 1.54) is 7.11 Å². The molecule has 0 aliphatic carbocycles. The number of hydrogen-bond acceptors (Lipinski definition) is 4. The molecule has 14 heavy (non-hydrogen) atoms. The summed E-state index contributed by atoms with van der Waals surface area (Å²) in [6.45, 7) is 1.95. The van der Waals surface area contributed by atoms with Crippen molar-refractivity contribution >= 4 is 11.5 Å². The zero-order valence-corrected chi connectivity index (χ0v) is 8.41. The maximum Gasteiger partial charge on any atom is 0.164 e. The first kappa shape index (κ1) is 10.7. The Morgan fingerprint density at radius 1 is 1.57 bits per heavy atom. The zero-order valence-electron chi connectivity index (χ0n) is 8.41. The number of carbonyl (C=O) groups is 1. The van der Waals surface area contributed by atoms with Crippen molar-refractivity contribution in [3.8, 4) is 0 Å². The highest BCUT2D eigenvalue weighted by atomic mass is 16.5. The van der Waals surface area contributed by atoms with E-state index < -0.39 is 0 Å². The summed E-state index contributed by atoms with van der Waals surface area (Å²) in [6, 6.07) is 3.52. The average molecular weight is 194 g/mol. The van der Waals surface area contributed by atoms with E-state index >= 15 is 0 Å². The van der Waals surface area contributed by atoms with Gasteiger partial charge in [-0.1, -0.05) is 0 Å². The molecule has 0 radical (unpaired) electrons. The molecule has 2 N–H and O–H groups in total. The molecule has 0 saturated carbocycles. The van der Waals surface area contributed by atoms with Gasteiger partial charge in [-0.15, -0.1) is 0 Å². The minimum absolute atomic E-state index is 0.0178. The van der Waals surface area contributed by atoms with Gasteiger partial charge in [-0.25, -0.2) is 0 Å². The SMILES string of the molecule is COCC(=O)Cc1ccc(N)c(C)n1. The lowest BCUT2D eigenvalue weighted by atomic mass is 10.2. The van der Waals surface area contributed by atoms with Gasteiger partial charge in [0, 0.05) is 12.8 Å². The summed E-state index contributed by atoms with van der Waals surface area (Å²) in [7, 11) is 1.50. The van der Waals surface area contributed by atoms with Gasteiger partial charge in [0.2, 0.25) is 0 Å². The Hall–Kier alpha value is -1.42. The number of Topliss-reactive ketones (excluding diaryl/α,β-unsaturated/α-hetero) is 1. The number of ether oxygens (including phenoxy) is 1. The highest BCUT2D eigenvalue weighted by Gasteiger charge is 2.05. The molecule has 1 aromatic heterocycles. The molecule has 0 aromatic carbocycles. The molecule has 1 heterocycles. The van der Waals surface area contributed by atoms with Crippen LogP contribution in [0.1, 0.15) is 11.4 Å². The van der Waals surface area contributed by atoms with E-state index in [-0.39, 0.29) is 12.4 Å². The fourth-order valence-corrected chi connectivity index (χ4v) is 1.14. The summed E-state index contributed by atoms with van der Waals surface area (Å²) < 4.78 is 4.73. The number of pyridine rings is 1. The predicted molar refractivity (Wildman–Crippen MR) is 54.0 cm³/mol. The molecular formula is C10H14N2O2. The van der Waals surface area contributed by atoms with Crippen LogP contribution < -0.4 is 5.73 Å². The maximum atomic E-state index is 11.2. The standard InChI is InChI=1S/C10H14N2O2/c1-7-10(11)4-3-8(12-7)5-9(13)6-14-2/h3-4H,5-6,11H2,1-2H3. The second-order valence-electron chi connectivity index (χ2n) is 3.13. The topological polar surface area (TPSA) is 65.2 Å². The second kappa shape index (κ2) is 4.72. The third-order valence-corrected chi connectivity index (χ3v) is 1.87. The summed E-state index contributed by atoms with van der Waals surface area (Å²) in [5.41, 5.74) is 7.74. The van der Waals surface area contributed by atoms with E-state index in [1.54, 1.807) is 12.1 Å². The highest BCUT2D eigenvalue weighted by molar-refractivity contribution is 5.81. The molecule has 0 bridgehead atoms. The molecule has 0 atom stereocenters. The van der Waals surface area contributed by atoms with E-state index in [2.05, 4.69) is 4.98 Å². The number of nitrogens with zero attached hydrogens (tertiary/aromatic N) is 1. The molecular weight excluding hydrogens is 180 g/mol. The number of rotatable bonds is 4. The molecule has 0 aliphatic rings. The fourth-order valence-electron chi connectivity index (χ4n) is 1.14. The Kier molecular flexibility index (Phi) is 3.59. The van der Waals surface area contributed by atoms with Crippen molar-refractivity contribution in [2.24, 2.45) is 0 Å². The molecule has 1 aromatic rings. The second-order valence-corrected chi connectivity index (χ2v) is 3.13. The van der Waals surface area contributed by atoms with Gasteiger partial charge in [-0.05, 0) is 19.1 Å². The number of aryl methyl sites for hydroxylation is 1. The van der Waals surface area contributed by atoms with Gasteiger partial charge in [0.05, 0.1) is 17.8 Å². The number of carbonyl (C=O) groups excluding carboxylic acids is 1. The lowest BCUT2D eigenvalue weighted by Crippen LogP contribution is -2.11. The number of nitrogen functional groups attached to an aromatic ring is 1. The van der Waals surface area contributed by atoms with Gasteiger partial charge in [0.15, 0.2) is 5.78 Å². The smallest absolute Gasteiger partial charge is 0.164 e. The van der Waals surface area contributed by atoms with E-state index in [0.717, 1.165) is 11.4 Å². The Bertz CT molecular complexity index is 337. The first-order valence-electron chi connectivity index (χ1n) is 4.36. The normalized spacial score (nSPS) is 10.1. The van der Waals surface area contributed by atoms with E-state index in [0.29, 0.717) is 12.1 Å². The van der Waals surface area contributed by atoms with Gasteiger partial charge < -0.3 is 10.5 Å². The molecule has 4 heteroatoms. The van der Waals surface area contributed by atoms with Gasteiger partial charge >= 0.3 is 0 Å². The third-order valence-electron chi connectivity index (χ3n) is 1.87. The zero-order chi connectivity index (χ0) is 10.6. The highest BCUT2D eigenvalue weighted by Crippen LogP contribution is 2.08. The van der Waals surface area contributed by atoms with Crippen LogP contribution in [0.4, 0.5) is 5.69 Å². The summed E-state index contributed by atoms with van der Waals surface area (Å²) in [5, 5.41) is 0. The maximum absolute atomic E-state index is 11.2. The van der Waals surface area contributed by atoms with E-state index in [1.807, 2.05) is 6.92 Å². The first-order chi connectivity index (χ1) is 6.63. The quantitative estimate of drug-likeness (QED) is 0.767. The van der Waals surface area contributed by atoms with Crippen LogP contribution in [0.15, 0.2) is 12.1 Å². The lowest BCUT2D eigenvalue weighted by molar-refractivity contribution is -0.122. The van der Waals surface area contributed by atoms with Crippen LogP contribution >= 0.6 is 0 Å². The van der Waals surface area contributed by atoms with Crippen molar-refractivity contribution in [1.82, 2.24) is 4.98 Å². The van der Waals surface area contributed by atoms with Crippen molar-refractivity contribution in [3.63, 3.8) is 0 Å². The van der Waals surface area contributed by atoms with E-state index in [9.17, 15) is 4.79 Å². The molecule has 0 aliphatic heterocycles. The number of nitrogens with two attached hydrogens (primary N) is 1. The number of methoxy groups -OCH3 is 1. The Morgan fingerprint density at radius 3 is 2.86 bits per heavy atom. The fraction of sp³-hybridized carbons (Fsp3) is 0.400. The van der Waals surface area contributed by atoms with Crippen molar-refractivity contribution in [2.45, 2.75) is 13.3 Å². The van der Waals surface area contributed by atoms with Gasteiger partial charge in [0.1, 0.15) is 6.61 Å². The Balaban J connectivity index is 2.68. The summed E-state index contributed by atoms with van der Waals surface area (Å²) in [4.78, 5) is 15.4. The Morgan fingerprint density at radius 2 is 2.29 bits per heavy atom. The number of aromatic nitrogens is 1. The number of anilines is 1. The van der Waals surface area contributed by atoms with Crippen molar-refractivity contribution in [1.29, 1.82) is 0 Å². The molecule has 0 fully saturated rings. The van der Waals surface area contributed by atoms with Crippen molar-refractivity contribution < 1.29 is 9.53 Å². The summed E-state index contributed by atoms with van der Waals surface area (Å²) >= 11 is 0. The predicted octanol–water partition coefficient (Wildman–Crippen LogP) is 0.730. The molecule has 0 saturated heterocycles. The van der Waals surface area contributed by atoms with E-state index in [4.69, 9.17) is 10.5 Å². The average Bonchev–Trinajstić information content (AvgIpc) is 2.12. The third kappa shape index (κ3) is 2.81. The monoisotopic (exact) mass is 194 g/mol. The lowest BCUT2D eigenvalue weighted by Gasteiger charge is -2.03. The van der Waals surface area contributed by atoms with Crippen LogP contribution in [-0.4, -0.2) is 24.5 Å². The summed E-state index contributed by atoms with van der Waals surface area (Å²) in [5.74, 6) is 0.0178. The molecule has 0 amide bonds.